The highest BCUT2D eigenvalue weighted by atomic mass is 79.9. The molecule has 0 spiro atoms. The molecule has 3 heterocycles. The van der Waals surface area contributed by atoms with Gasteiger partial charge in [0, 0.05) is 44.3 Å². The van der Waals surface area contributed by atoms with Crippen LogP contribution in [0.2, 0.25) is 0 Å². The fourth-order valence-corrected chi connectivity index (χ4v) is 3.80. The van der Waals surface area contributed by atoms with E-state index in [0.717, 1.165) is 48.3 Å². The summed E-state index contributed by atoms with van der Waals surface area (Å²) in [5.41, 5.74) is 2.65. The number of hydrogen-bond acceptors (Lipinski definition) is 5. The Morgan fingerprint density at radius 2 is 1.96 bits per heavy atom. The molecule has 28 heavy (non-hydrogen) atoms. The number of nitrogens with one attached hydrogen (secondary N) is 2. The van der Waals surface area contributed by atoms with Crippen LogP contribution in [0.3, 0.4) is 0 Å². The number of benzene rings is 1. The van der Waals surface area contributed by atoms with Gasteiger partial charge in [0.1, 0.15) is 10.4 Å². The van der Waals surface area contributed by atoms with Gasteiger partial charge < -0.3 is 15.5 Å². The number of anilines is 1. The molecule has 1 fully saturated rings. The van der Waals surface area contributed by atoms with Crippen LogP contribution >= 0.6 is 15.9 Å². The first-order valence-corrected chi connectivity index (χ1v) is 9.85. The fraction of sp³-hybridized carbons (Fsp3) is 0.250. The van der Waals surface area contributed by atoms with Crippen molar-refractivity contribution in [2.24, 2.45) is 0 Å². The van der Waals surface area contributed by atoms with Crippen LogP contribution in [0.15, 0.2) is 47.2 Å². The van der Waals surface area contributed by atoms with E-state index in [4.69, 9.17) is 0 Å². The Morgan fingerprint density at radius 1 is 1.21 bits per heavy atom. The maximum absolute atomic E-state index is 13.1. The Kier molecular flexibility index (Phi) is 5.50. The number of carbonyl (C=O) groups excluding carboxylic acids is 1. The molecular weight excluding hydrogens is 425 g/mol. The topological polar surface area (TPSA) is 70.2 Å². The summed E-state index contributed by atoms with van der Waals surface area (Å²) in [6.07, 6.45) is 1.72. The van der Waals surface area contributed by atoms with Gasteiger partial charge in [-0.25, -0.2) is 9.37 Å². The number of fused-ring (bicyclic) bond motifs is 1. The van der Waals surface area contributed by atoms with E-state index in [9.17, 15) is 9.18 Å². The summed E-state index contributed by atoms with van der Waals surface area (Å²) in [5.74, 6) is -0.589. The van der Waals surface area contributed by atoms with Crippen molar-refractivity contribution in [1.29, 1.82) is 0 Å². The Labute approximate surface area is 170 Å². The molecule has 6 nitrogen and oxygen atoms in total. The van der Waals surface area contributed by atoms with Crippen LogP contribution in [-0.2, 0) is 6.54 Å². The summed E-state index contributed by atoms with van der Waals surface area (Å²) >= 11 is 3.47. The lowest BCUT2D eigenvalue weighted by molar-refractivity contribution is 0.0946. The second-order valence-electron chi connectivity index (χ2n) is 6.55. The average Bonchev–Trinajstić information content (AvgIpc) is 2.74. The number of piperazine rings is 1. The maximum atomic E-state index is 13.1. The minimum absolute atomic E-state index is 0.286. The lowest BCUT2D eigenvalue weighted by Crippen LogP contribution is -2.44. The summed E-state index contributed by atoms with van der Waals surface area (Å²) in [6, 6.07) is 9.84. The minimum Gasteiger partial charge on any atom is -0.365 e. The number of pyridine rings is 2. The smallest absolute Gasteiger partial charge is 0.272 e. The van der Waals surface area contributed by atoms with Gasteiger partial charge in [0.15, 0.2) is 5.69 Å². The summed E-state index contributed by atoms with van der Waals surface area (Å²) in [4.78, 5) is 24.2. The van der Waals surface area contributed by atoms with Crippen LogP contribution in [0, 0.1) is 5.82 Å². The van der Waals surface area contributed by atoms with Gasteiger partial charge in [-0.2, -0.15) is 0 Å². The van der Waals surface area contributed by atoms with Gasteiger partial charge in [0.25, 0.3) is 5.91 Å². The molecule has 4 rings (SSSR count). The van der Waals surface area contributed by atoms with Crippen LogP contribution in [0.4, 0.5) is 10.1 Å². The van der Waals surface area contributed by atoms with E-state index in [1.54, 1.807) is 18.3 Å². The Bertz CT molecular complexity index is 1010. The van der Waals surface area contributed by atoms with Gasteiger partial charge in [-0.05, 0) is 45.8 Å². The Hall–Kier alpha value is -2.58. The summed E-state index contributed by atoms with van der Waals surface area (Å²) < 4.78 is 13.7. The zero-order valence-electron chi connectivity index (χ0n) is 15.1. The second kappa shape index (κ2) is 8.20. The highest BCUT2D eigenvalue weighted by molar-refractivity contribution is 9.10. The van der Waals surface area contributed by atoms with E-state index in [1.165, 1.54) is 12.1 Å². The lowest BCUT2D eigenvalue weighted by atomic mass is 10.1. The highest BCUT2D eigenvalue weighted by Gasteiger charge is 2.25. The second-order valence-corrected chi connectivity index (χ2v) is 7.30. The third kappa shape index (κ3) is 3.83. The number of rotatable bonds is 4. The van der Waals surface area contributed by atoms with Gasteiger partial charge in [-0.1, -0.05) is 12.1 Å². The number of hydrogen-bond donors (Lipinski definition) is 2. The quantitative estimate of drug-likeness (QED) is 0.606. The third-order valence-electron chi connectivity index (χ3n) is 4.70. The van der Waals surface area contributed by atoms with Gasteiger partial charge in [-0.15, -0.1) is 0 Å². The van der Waals surface area contributed by atoms with E-state index >= 15 is 0 Å². The predicted octanol–water partition coefficient (Wildman–Crippen LogP) is 2.87. The van der Waals surface area contributed by atoms with Crippen LogP contribution in [0.25, 0.3) is 10.9 Å². The van der Waals surface area contributed by atoms with E-state index in [1.807, 2.05) is 12.1 Å². The van der Waals surface area contributed by atoms with E-state index in [-0.39, 0.29) is 11.7 Å². The van der Waals surface area contributed by atoms with E-state index in [2.05, 4.69) is 41.4 Å². The van der Waals surface area contributed by atoms with Crippen LogP contribution < -0.4 is 15.5 Å². The van der Waals surface area contributed by atoms with Crippen molar-refractivity contribution < 1.29 is 9.18 Å². The number of carbonyl (C=O) groups is 1. The molecule has 0 atom stereocenters. The van der Waals surface area contributed by atoms with Gasteiger partial charge >= 0.3 is 0 Å². The van der Waals surface area contributed by atoms with Gasteiger partial charge in [0.2, 0.25) is 0 Å². The number of aromatic nitrogens is 2. The largest absolute Gasteiger partial charge is 0.365 e. The SMILES string of the molecule is O=C(NCc1ccc(F)cc1)c1nc(Br)c2cccnc2c1N1CCNCC1. The molecule has 1 aliphatic heterocycles. The van der Waals surface area contributed by atoms with Crippen molar-refractivity contribution in [3.63, 3.8) is 0 Å². The third-order valence-corrected chi connectivity index (χ3v) is 5.31. The van der Waals surface area contributed by atoms with Gasteiger partial charge in [0.05, 0.1) is 11.2 Å². The molecule has 1 aliphatic rings. The molecule has 2 N–H and O–H groups in total. The molecule has 0 saturated carbocycles. The summed E-state index contributed by atoms with van der Waals surface area (Å²) in [7, 11) is 0. The maximum Gasteiger partial charge on any atom is 0.272 e. The lowest BCUT2D eigenvalue weighted by Gasteiger charge is -2.31. The minimum atomic E-state index is -0.303. The molecule has 1 saturated heterocycles. The molecule has 0 radical (unpaired) electrons. The molecule has 144 valence electrons. The van der Waals surface area contributed by atoms with Gasteiger partial charge in [-0.3, -0.25) is 9.78 Å². The first-order chi connectivity index (χ1) is 13.6. The predicted molar refractivity (Wildman–Crippen MR) is 110 cm³/mol. The summed E-state index contributed by atoms with van der Waals surface area (Å²) in [5, 5.41) is 7.08. The molecule has 3 aromatic rings. The first kappa shape index (κ1) is 18.8. The van der Waals surface area contributed by atoms with Crippen molar-refractivity contribution in [3.05, 3.63) is 64.3 Å². The van der Waals surface area contributed by atoms with Crippen molar-refractivity contribution in [1.82, 2.24) is 20.6 Å². The zero-order chi connectivity index (χ0) is 19.5. The molecule has 0 unspecified atom stereocenters. The molecule has 0 bridgehead atoms. The van der Waals surface area contributed by atoms with Crippen molar-refractivity contribution >= 4 is 38.4 Å². The molecular formula is C20H19BrFN5O. The molecule has 0 aliphatic carbocycles. The zero-order valence-corrected chi connectivity index (χ0v) is 16.7. The van der Waals surface area contributed by atoms with Crippen molar-refractivity contribution in [2.45, 2.75) is 6.54 Å². The normalized spacial score (nSPS) is 14.3. The standard InChI is InChI=1S/C20H19BrFN5O/c21-19-15-2-1-7-24-16(15)18(27-10-8-23-9-11-27)17(26-19)20(28)25-12-13-3-5-14(22)6-4-13/h1-7,23H,8-12H2,(H,25,28). The monoisotopic (exact) mass is 443 g/mol. The van der Waals surface area contributed by atoms with Crippen molar-refractivity contribution in [3.8, 4) is 0 Å². The molecule has 8 heteroatoms. The molecule has 1 aromatic carbocycles. The van der Waals surface area contributed by atoms with Crippen LogP contribution in [0.1, 0.15) is 16.1 Å². The number of nitrogens with zero attached hydrogens (tertiary/aromatic N) is 3. The van der Waals surface area contributed by atoms with E-state index in [0.29, 0.717) is 16.8 Å². The fourth-order valence-electron chi connectivity index (χ4n) is 3.30. The number of amides is 1. The van der Waals surface area contributed by atoms with E-state index < -0.39 is 0 Å². The molecule has 1 amide bonds. The van der Waals surface area contributed by atoms with Crippen LogP contribution in [0.5, 0.6) is 0 Å². The Morgan fingerprint density at radius 3 is 2.71 bits per heavy atom. The summed E-state index contributed by atoms with van der Waals surface area (Å²) in [6.45, 7) is 3.50. The average molecular weight is 444 g/mol. The van der Waals surface area contributed by atoms with Crippen molar-refractivity contribution in [2.75, 3.05) is 31.1 Å². The highest BCUT2D eigenvalue weighted by Crippen LogP contribution is 2.32. The first-order valence-electron chi connectivity index (χ1n) is 9.06. The molecule has 2 aromatic heterocycles. The Balaban J connectivity index is 1.70. The number of halogens is 2. The van der Waals surface area contributed by atoms with Crippen LogP contribution in [-0.4, -0.2) is 42.1 Å².